The summed E-state index contributed by atoms with van der Waals surface area (Å²) in [7, 11) is -4.42. The van der Waals surface area contributed by atoms with E-state index in [1.54, 1.807) is 77.1 Å². The number of ether oxygens (including phenoxy) is 4. The van der Waals surface area contributed by atoms with Crippen LogP contribution in [-0.2, 0) is 42.4 Å². The van der Waals surface area contributed by atoms with Gasteiger partial charge in [-0.1, -0.05) is 45.9 Å². The number of anilines is 1. The van der Waals surface area contributed by atoms with Crippen molar-refractivity contribution in [3.05, 3.63) is 54.5 Å². The van der Waals surface area contributed by atoms with Crippen molar-refractivity contribution in [1.82, 2.24) is 19.7 Å². The van der Waals surface area contributed by atoms with Crippen molar-refractivity contribution in [2.24, 2.45) is 23.5 Å². The second-order valence-electron chi connectivity index (χ2n) is 14.6. The Hall–Kier alpha value is -4.08. The molecule has 2 aliphatic rings. The van der Waals surface area contributed by atoms with Gasteiger partial charge in [0.05, 0.1) is 30.7 Å². The second-order valence-corrected chi connectivity index (χ2v) is 16.3. The molecule has 16 nitrogen and oxygen atoms in total. The summed E-state index contributed by atoms with van der Waals surface area (Å²) in [5.41, 5.74) is 11.4. The van der Waals surface area contributed by atoms with Crippen molar-refractivity contribution in [3.63, 3.8) is 0 Å². The minimum absolute atomic E-state index is 0.156. The first-order chi connectivity index (χ1) is 25.1. The van der Waals surface area contributed by atoms with Gasteiger partial charge in [0.25, 0.3) is 0 Å². The van der Waals surface area contributed by atoms with E-state index in [0.717, 1.165) is 25.7 Å². The molecule has 3 heterocycles. The molecule has 5 rings (SSSR count). The van der Waals surface area contributed by atoms with Crippen LogP contribution in [0.2, 0.25) is 0 Å². The van der Waals surface area contributed by atoms with Gasteiger partial charge in [0.15, 0.2) is 18.0 Å². The highest BCUT2D eigenvalue weighted by atomic mass is 31.2. The van der Waals surface area contributed by atoms with Gasteiger partial charge in [-0.3, -0.25) is 18.9 Å². The number of aromatic nitrogens is 3. The summed E-state index contributed by atoms with van der Waals surface area (Å²) >= 11 is 0. The summed E-state index contributed by atoms with van der Waals surface area (Å²) in [5.74, 6) is -2.33. The van der Waals surface area contributed by atoms with E-state index in [2.05, 4.69) is 15.2 Å². The van der Waals surface area contributed by atoms with Crippen LogP contribution in [0.4, 0.5) is 5.82 Å². The highest BCUT2D eigenvalue weighted by Gasteiger charge is 2.59. The van der Waals surface area contributed by atoms with E-state index in [4.69, 9.17) is 39.5 Å². The predicted molar refractivity (Wildman–Crippen MR) is 193 cm³/mol. The molecule has 1 aliphatic heterocycles. The monoisotopic (exact) mass is 758 g/mol. The number of rotatable bonds is 15. The Morgan fingerprint density at radius 2 is 1.64 bits per heavy atom. The zero-order chi connectivity index (χ0) is 38.5. The molecule has 290 valence electrons. The highest BCUT2D eigenvalue weighted by molar-refractivity contribution is 7.52. The molecule has 1 saturated carbocycles. The maximum Gasteiger partial charge on any atom is 0.459 e. The normalized spacial score (nSPS) is 26.2. The van der Waals surface area contributed by atoms with Crippen LogP contribution in [0.3, 0.4) is 0 Å². The molecular formula is C36H51N6O10P. The van der Waals surface area contributed by atoms with Crippen LogP contribution in [-0.4, -0.2) is 75.6 Å². The van der Waals surface area contributed by atoms with Gasteiger partial charge in [0.1, 0.15) is 35.3 Å². The number of para-hydroxylation sites is 1. The van der Waals surface area contributed by atoms with Gasteiger partial charge in [-0.25, -0.2) is 14.1 Å². The van der Waals surface area contributed by atoms with Gasteiger partial charge < -0.3 is 34.9 Å². The largest absolute Gasteiger partial charge is 0.464 e. The zero-order valence-electron chi connectivity index (χ0n) is 31.0. The summed E-state index contributed by atoms with van der Waals surface area (Å²) in [4.78, 5) is 43.6. The fourth-order valence-electron chi connectivity index (χ4n) is 6.20. The molecule has 2 aromatic heterocycles. The number of nitrogens with zero attached hydrogens (tertiary/aromatic N) is 3. The number of fused-ring (bicyclic) bond motifs is 1. The molecule has 5 N–H and O–H groups in total. The molecule has 0 spiro atoms. The minimum Gasteiger partial charge on any atom is -0.464 e. The molecule has 1 unspecified atom stereocenters. The molecule has 0 bridgehead atoms. The smallest absolute Gasteiger partial charge is 0.459 e. The molecule has 17 heteroatoms. The number of hydrogen-bond donors (Lipinski definition) is 3. The maximum absolute atomic E-state index is 14.6. The molecule has 53 heavy (non-hydrogen) atoms. The lowest BCUT2D eigenvalue weighted by atomic mass is 9.87. The molecule has 0 radical (unpaired) electrons. The van der Waals surface area contributed by atoms with Crippen molar-refractivity contribution in [3.8, 4) is 5.75 Å². The molecule has 6 atom stereocenters. The molecule has 2 fully saturated rings. The summed E-state index contributed by atoms with van der Waals surface area (Å²) in [6.45, 7) is 9.43. The van der Waals surface area contributed by atoms with Gasteiger partial charge in [-0.05, 0) is 69.7 Å². The molecule has 1 aliphatic carbocycles. The molecule has 3 aromatic rings. The van der Waals surface area contributed by atoms with Crippen LogP contribution in [0.1, 0.15) is 79.0 Å². The SMILES string of the molecule is CC(C)C(=O)O[C@H]1[C@H](c2ccc3c(N)ncnn23)O[C@](C)(COP(=O)(N[C@@H](C)C(=O)OCC2CCC(N)CC2)Oc2ccccc2)[C@H]1OC(=O)C(C)C. The fraction of sp³-hybridized carbons (Fsp3) is 0.583. The van der Waals surface area contributed by atoms with E-state index in [1.165, 1.54) is 17.8 Å². The Labute approximate surface area is 309 Å². The number of nitrogens with one attached hydrogen (secondary N) is 1. The Morgan fingerprint density at radius 1 is 0.981 bits per heavy atom. The van der Waals surface area contributed by atoms with E-state index in [1.807, 2.05) is 0 Å². The van der Waals surface area contributed by atoms with E-state index >= 15 is 0 Å². The van der Waals surface area contributed by atoms with Gasteiger partial charge in [-0.15, -0.1) is 0 Å². The van der Waals surface area contributed by atoms with Crippen molar-refractivity contribution in [1.29, 1.82) is 0 Å². The third-order valence-corrected chi connectivity index (χ3v) is 11.0. The summed E-state index contributed by atoms with van der Waals surface area (Å²) < 4.78 is 52.3. The number of nitrogen functional groups attached to an aromatic ring is 1. The average molecular weight is 759 g/mol. The first-order valence-electron chi connectivity index (χ1n) is 17.9. The number of benzene rings is 1. The first kappa shape index (κ1) is 40.1. The second kappa shape index (κ2) is 16.9. The van der Waals surface area contributed by atoms with Crippen LogP contribution < -0.4 is 21.1 Å². The molecule has 1 aromatic carbocycles. The average Bonchev–Trinajstić information content (AvgIpc) is 3.67. The van der Waals surface area contributed by atoms with Crippen LogP contribution in [0.5, 0.6) is 5.75 Å². The Morgan fingerprint density at radius 3 is 2.30 bits per heavy atom. The summed E-state index contributed by atoms with van der Waals surface area (Å²) in [6, 6.07) is 10.7. The minimum atomic E-state index is -4.42. The Bertz CT molecular complexity index is 1780. The fourth-order valence-corrected chi connectivity index (χ4v) is 7.79. The zero-order valence-corrected chi connectivity index (χ0v) is 31.9. The quantitative estimate of drug-likeness (QED) is 0.110. The number of esters is 3. The highest BCUT2D eigenvalue weighted by Crippen LogP contribution is 2.50. The van der Waals surface area contributed by atoms with Gasteiger partial charge in [0, 0.05) is 6.04 Å². The third-order valence-electron chi connectivity index (χ3n) is 9.38. The van der Waals surface area contributed by atoms with Crippen molar-refractivity contribution >= 4 is 37.0 Å². The number of hydrogen-bond acceptors (Lipinski definition) is 14. The Kier molecular flexibility index (Phi) is 12.8. The van der Waals surface area contributed by atoms with E-state index in [0.29, 0.717) is 11.2 Å². The standard InChI is InChI=1S/C36H51N6O10P/c1-21(2)33(43)49-30-29(27-16-17-28-32(38)39-20-40-42(27)28)51-36(6,31(30)50-34(44)22(3)4)19-48-53(46,52-26-10-8-7-9-11-26)41-23(5)35(45)47-18-24-12-14-25(37)15-13-24/h7-11,16-17,20-25,29-31H,12-15,18-19,37H2,1-6H3,(H,41,46)(H2,38,39,40)/t23-,24?,25?,29-,30-,31-,36+,53?/m0/s1. The van der Waals surface area contributed by atoms with E-state index in [9.17, 15) is 18.9 Å². The molecular weight excluding hydrogens is 707 g/mol. The van der Waals surface area contributed by atoms with Crippen LogP contribution >= 0.6 is 7.75 Å². The number of carbonyl (C=O) groups excluding carboxylic acids is 3. The van der Waals surface area contributed by atoms with E-state index < -0.39 is 74.1 Å². The maximum atomic E-state index is 14.6. The lowest BCUT2D eigenvalue weighted by Crippen LogP contribution is -2.49. The van der Waals surface area contributed by atoms with Gasteiger partial charge in [0.2, 0.25) is 0 Å². The topological polar surface area (TPSA) is 218 Å². The first-order valence-corrected chi connectivity index (χ1v) is 19.5. The van der Waals surface area contributed by atoms with Gasteiger partial charge >= 0.3 is 25.7 Å². The van der Waals surface area contributed by atoms with Crippen LogP contribution in [0, 0.1) is 17.8 Å². The lowest BCUT2D eigenvalue weighted by molar-refractivity contribution is -0.175. The lowest BCUT2D eigenvalue weighted by Gasteiger charge is -2.33. The van der Waals surface area contributed by atoms with Crippen molar-refractivity contribution < 1.29 is 46.9 Å². The van der Waals surface area contributed by atoms with Gasteiger partial charge in [-0.2, -0.15) is 10.2 Å². The summed E-state index contributed by atoms with van der Waals surface area (Å²) in [6.07, 6.45) is 1.14. The number of nitrogens with two attached hydrogens (primary N) is 2. The Balaban J connectivity index is 1.45. The van der Waals surface area contributed by atoms with Crippen LogP contribution in [0.15, 0.2) is 48.8 Å². The number of carbonyl (C=O) groups is 3. The summed E-state index contributed by atoms with van der Waals surface area (Å²) in [5, 5.41) is 7.04. The third kappa shape index (κ3) is 9.73. The predicted octanol–water partition coefficient (Wildman–Crippen LogP) is 4.52. The molecule has 0 amide bonds. The van der Waals surface area contributed by atoms with E-state index in [-0.39, 0.29) is 30.1 Å². The van der Waals surface area contributed by atoms with Crippen molar-refractivity contribution in [2.75, 3.05) is 18.9 Å². The van der Waals surface area contributed by atoms with Crippen molar-refractivity contribution in [2.45, 2.75) is 103 Å². The van der Waals surface area contributed by atoms with Crippen LogP contribution in [0.25, 0.3) is 5.52 Å². The molecule has 1 saturated heterocycles.